The third-order valence-corrected chi connectivity index (χ3v) is 8.36. The van der Waals surface area contributed by atoms with Crippen molar-refractivity contribution in [3.63, 3.8) is 0 Å². The van der Waals surface area contributed by atoms with Gasteiger partial charge in [-0.15, -0.1) is 0 Å². The van der Waals surface area contributed by atoms with Crippen LogP contribution in [-0.4, -0.2) is 52.2 Å². The second-order valence-electron chi connectivity index (χ2n) is 8.50. The van der Waals surface area contributed by atoms with E-state index in [1.807, 2.05) is 0 Å². The van der Waals surface area contributed by atoms with Crippen LogP contribution in [0.1, 0.15) is 41.5 Å². The zero-order valence-corrected chi connectivity index (χ0v) is 17.3. The molecule has 0 aromatic rings. The van der Waals surface area contributed by atoms with Gasteiger partial charge in [-0.05, 0) is 38.9 Å². The number of carbonyl (C=O) groups excluding carboxylic acids is 1. The molecule has 2 N–H and O–H groups in total. The van der Waals surface area contributed by atoms with Gasteiger partial charge in [0.2, 0.25) is 0 Å². The molecule has 0 rings (SSSR count). The van der Waals surface area contributed by atoms with Crippen molar-refractivity contribution in [3.8, 4) is 0 Å². The Kier molecular flexibility index (Phi) is 8.31. The number of halogens is 2. The van der Waals surface area contributed by atoms with Crippen molar-refractivity contribution in [2.75, 3.05) is 26.2 Å². The van der Waals surface area contributed by atoms with Gasteiger partial charge >= 0.3 is 6.09 Å². The summed E-state index contributed by atoms with van der Waals surface area (Å²) in [5.74, 6) is -3.05. The summed E-state index contributed by atoms with van der Waals surface area (Å²) in [6.45, 7) is 15.1. The van der Waals surface area contributed by atoms with Gasteiger partial charge in [-0.1, -0.05) is 20.8 Å². The topological polar surface area (TPSA) is 59.6 Å². The molecule has 0 spiro atoms. The van der Waals surface area contributed by atoms with E-state index in [4.69, 9.17) is 9.16 Å². The average Bonchev–Trinajstić information content (AvgIpc) is 2.32. The van der Waals surface area contributed by atoms with Gasteiger partial charge < -0.3 is 19.8 Å². The third kappa shape index (κ3) is 10.2. The summed E-state index contributed by atoms with van der Waals surface area (Å²) < 4.78 is 38.2. The highest BCUT2D eigenvalue weighted by atomic mass is 28.4. The Bertz CT molecular complexity index is 405. The smallest absolute Gasteiger partial charge is 0.407 e. The number of rotatable bonds is 8. The van der Waals surface area contributed by atoms with Gasteiger partial charge in [0, 0.05) is 13.2 Å². The number of hydrogen-bond acceptors (Lipinski definition) is 4. The Labute approximate surface area is 146 Å². The highest BCUT2D eigenvalue weighted by Crippen LogP contribution is 2.36. The average molecular weight is 369 g/mol. The largest absolute Gasteiger partial charge is 0.444 e. The maximum atomic E-state index is 13.7. The van der Waals surface area contributed by atoms with Crippen LogP contribution in [-0.2, 0) is 9.16 Å². The lowest BCUT2D eigenvalue weighted by Crippen LogP contribution is -2.46. The molecule has 8 heteroatoms. The molecule has 0 aromatic heterocycles. The van der Waals surface area contributed by atoms with Crippen molar-refractivity contribution >= 4 is 14.4 Å². The molecule has 0 unspecified atom stereocenters. The van der Waals surface area contributed by atoms with Crippen LogP contribution in [0, 0.1) is 0 Å². The summed E-state index contributed by atoms with van der Waals surface area (Å²) in [5, 5.41) is 4.86. The molecule has 24 heavy (non-hydrogen) atoms. The molecule has 144 valence electrons. The Morgan fingerprint density at radius 2 is 1.58 bits per heavy atom. The molecule has 0 aliphatic heterocycles. The molecule has 1 amide bonds. The summed E-state index contributed by atoms with van der Waals surface area (Å²) >= 11 is 0. The van der Waals surface area contributed by atoms with Crippen LogP contribution in [0.4, 0.5) is 13.6 Å². The monoisotopic (exact) mass is 368 g/mol. The molecule has 0 aromatic carbocycles. The van der Waals surface area contributed by atoms with E-state index in [0.717, 1.165) is 0 Å². The lowest BCUT2D eigenvalue weighted by Gasteiger charge is -2.36. The van der Waals surface area contributed by atoms with Crippen LogP contribution in [0.2, 0.25) is 18.1 Å². The van der Waals surface area contributed by atoms with Crippen molar-refractivity contribution in [1.29, 1.82) is 0 Å². The second-order valence-corrected chi connectivity index (χ2v) is 13.3. The van der Waals surface area contributed by atoms with Crippen LogP contribution in [0.3, 0.4) is 0 Å². The highest BCUT2D eigenvalue weighted by molar-refractivity contribution is 6.74. The first kappa shape index (κ1) is 23.3. The summed E-state index contributed by atoms with van der Waals surface area (Å²) in [6.07, 6.45) is -0.844. The minimum absolute atomic E-state index is 0.0915. The minimum Gasteiger partial charge on any atom is -0.444 e. The van der Waals surface area contributed by atoms with Crippen molar-refractivity contribution in [2.24, 2.45) is 0 Å². The fourth-order valence-electron chi connectivity index (χ4n) is 1.44. The third-order valence-electron chi connectivity index (χ3n) is 3.82. The van der Waals surface area contributed by atoms with Crippen molar-refractivity contribution in [2.45, 2.75) is 71.2 Å². The van der Waals surface area contributed by atoms with Gasteiger partial charge in [-0.25, -0.2) is 13.6 Å². The number of hydrogen-bond donors (Lipinski definition) is 2. The van der Waals surface area contributed by atoms with Crippen LogP contribution < -0.4 is 10.6 Å². The van der Waals surface area contributed by atoms with Gasteiger partial charge in [0.25, 0.3) is 5.92 Å². The van der Waals surface area contributed by atoms with Crippen LogP contribution >= 0.6 is 0 Å². The Balaban J connectivity index is 4.03. The van der Waals surface area contributed by atoms with E-state index in [9.17, 15) is 13.6 Å². The van der Waals surface area contributed by atoms with Gasteiger partial charge in [0.05, 0.1) is 13.1 Å². The molecular formula is C16H34F2N2O3Si. The molecule has 5 nitrogen and oxygen atoms in total. The number of ether oxygens (including phenoxy) is 1. The fraction of sp³-hybridized carbons (Fsp3) is 0.938. The van der Waals surface area contributed by atoms with Gasteiger partial charge in [-0.3, -0.25) is 0 Å². The first-order valence-corrected chi connectivity index (χ1v) is 11.2. The SMILES string of the molecule is CC(C)(C)OC(=O)NCC(F)(F)CNCCO[Si](C)(C)C(C)(C)C. The van der Waals surface area contributed by atoms with Crippen LogP contribution in [0.5, 0.6) is 0 Å². The lowest BCUT2D eigenvalue weighted by molar-refractivity contribution is -0.00390. The fourth-order valence-corrected chi connectivity index (χ4v) is 2.49. The molecular weight excluding hydrogens is 334 g/mol. The number of alkyl halides is 2. The summed E-state index contributed by atoms with van der Waals surface area (Å²) in [7, 11) is -1.85. The van der Waals surface area contributed by atoms with E-state index in [1.54, 1.807) is 20.8 Å². The zero-order valence-electron chi connectivity index (χ0n) is 16.3. The van der Waals surface area contributed by atoms with Gasteiger partial charge in [-0.2, -0.15) is 0 Å². The number of carbonyl (C=O) groups is 1. The standard InChI is InChI=1S/C16H34F2N2O3Si/c1-14(2,3)23-13(21)20-12-16(17,18)11-19-9-10-22-24(7,8)15(4,5)6/h19H,9-12H2,1-8H3,(H,20,21). The van der Waals surface area contributed by atoms with E-state index < -0.39 is 39.0 Å². The van der Waals surface area contributed by atoms with Crippen molar-refractivity contribution in [3.05, 3.63) is 0 Å². The number of nitrogens with one attached hydrogen (secondary N) is 2. The van der Waals surface area contributed by atoms with E-state index in [2.05, 4.69) is 44.5 Å². The first-order chi connectivity index (χ1) is 10.6. The maximum Gasteiger partial charge on any atom is 0.407 e. The summed E-state index contributed by atoms with van der Waals surface area (Å²) in [6, 6.07) is 0. The summed E-state index contributed by atoms with van der Waals surface area (Å²) in [4.78, 5) is 11.4. The second kappa shape index (κ2) is 8.58. The highest BCUT2D eigenvalue weighted by Gasteiger charge is 2.37. The molecule has 0 aliphatic rings. The molecule has 0 fully saturated rings. The van der Waals surface area contributed by atoms with Crippen molar-refractivity contribution < 1.29 is 22.7 Å². The molecule has 0 atom stereocenters. The molecule has 0 aliphatic carbocycles. The summed E-state index contributed by atoms with van der Waals surface area (Å²) in [5.41, 5.74) is -0.710. The zero-order chi connectivity index (χ0) is 19.2. The lowest BCUT2D eigenvalue weighted by atomic mass is 10.2. The van der Waals surface area contributed by atoms with Crippen molar-refractivity contribution in [1.82, 2.24) is 10.6 Å². The Hall–Kier alpha value is -0.733. The molecule has 0 bridgehead atoms. The van der Waals surface area contributed by atoms with Gasteiger partial charge in [0.15, 0.2) is 8.32 Å². The number of alkyl carbamates (subject to hydrolysis) is 1. The van der Waals surface area contributed by atoms with E-state index in [-0.39, 0.29) is 5.04 Å². The molecule has 0 saturated carbocycles. The molecule has 0 radical (unpaired) electrons. The van der Waals surface area contributed by atoms with E-state index in [0.29, 0.717) is 13.2 Å². The number of amides is 1. The first-order valence-electron chi connectivity index (χ1n) is 8.25. The van der Waals surface area contributed by atoms with E-state index in [1.165, 1.54) is 0 Å². The minimum atomic E-state index is -3.05. The molecule has 0 heterocycles. The van der Waals surface area contributed by atoms with Crippen LogP contribution in [0.15, 0.2) is 0 Å². The Morgan fingerprint density at radius 3 is 2.04 bits per heavy atom. The quantitative estimate of drug-likeness (QED) is 0.506. The Morgan fingerprint density at radius 1 is 1.04 bits per heavy atom. The normalized spacial score (nSPS) is 13.8. The molecule has 0 saturated heterocycles. The van der Waals surface area contributed by atoms with E-state index >= 15 is 0 Å². The maximum absolute atomic E-state index is 13.7. The predicted molar refractivity (Wildman–Crippen MR) is 95.2 cm³/mol. The predicted octanol–water partition coefficient (Wildman–Crippen LogP) is 3.76. The van der Waals surface area contributed by atoms with Gasteiger partial charge in [0.1, 0.15) is 5.60 Å². The van der Waals surface area contributed by atoms with Crippen LogP contribution in [0.25, 0.3) is 0 Å².